The summed E-state index contributed by atoms with van der Waals surface area (Å²) in [5.41, 5.74) is 14.6. The lowest BCUT2D eigenvalue weighted by Gasteiger charge is -2.14. The van der Waals surface area contributed by atoms with Crippen LogP contribution in [0.4, 0.5) is 0 Å². The van der Waals surface area contributed by atoms with Gasteiger partial charge in [0, 0.05) is 12.1 Å². The minimum Gasteiger partial charge on any atom is -0.324 e. The molecular formula is C14H24N2. The third-order valence-corrected chi connectivity index (χ3v) is 2.99. The van der Waals surface area contributed by atoms with E-state index in [1.807, 2.05) is 0 Å². The van der Waals surface area contributed by atoms with Crippen molar-refractivity contribution < 1.29 is 0 Å². The van der Waals surface area contributed by atoms with E-state index in [4.69, 9.17) is 11.5 Å². The van der Waals surface area contributed by atoms with Crippen LogP contribution < -0.4 is 11.5 Å². The molecule has 0 heterocycles. The van der Waals surface area contributed by atoms with E-state index in [0.29, 0.717) is 0 Å². The summed E-state index contributed by atoms with van der Waals surface area (Å²) in [6, 6.07) is 8.80. The van der Waals surface area contributed by atoms with E-state index in [2.05, 4.69) is 38.1 Å². The average Bonchev–Trinajstić information content (AvgIpc) is 2.30. The number of nitrogens with two attached hydrogens (primary N) is 2. The normalized spacial score (nSPS) is 14.8. The first-order valence-corrected chi connectivity index (χ1v) is 6.30. The molecule has 0 bridgehead atoms. The Bertz CT molecular complexity index is 261. The number of benzene rings is 1. The van der Waals surface area contributed by atoms with Gasteiger partial charge in [0.15, 0.2) is 0 Å². The molecule has 0 amide bonds. The monoisotopic (exact) mass is 220 g/mol. The van der Waals surface area contributed by atoms with Gasteiger partial charge in [-0.1, -0.05) is 51.0 Å². The quantitative estimate of drug-likeness (QED) is 0.773. The van der Waals surface area contributed by atoms with E-state index in [-0.39, 0.29) is 12.1 Å². The highest BCUT2D eigenvalue weighted by molar-refractivity contribution is 5.26. The third kappa shape index (κ3) is 3.62. The van der Waals surface area contributed by atoms with Gasteiger partial charge < -0.3 is 11.5 Å². The van der Waals surface area contributed by atoms with E-state index >= 15 is 0 Å². The van der Waals surface area contributed by atoms with Crippen LogP contribution in [0.5, 0.6) is 0 Å². The van der Waals surface area contributed by atoms with Gasteiger partial charge in [-0.25, -0.2) is 0 Å². The van der Waals surface area contributed by atoms with Crippen LogP contribution in [-0.4, -0.2) is 0 Å². The predicted molar refractivity (Wildman–Crippen MR) is 70.1 cm³/mol. The first-order chi connectivity index (χ1) is 7.69. The molecule has 90 valence electrons. The Kier molecular flexibility index (Phi) is 5.50. The van der Waals surface area contributed by atoms with Gasteiger partial charge in [-0.05, 0) is 24.0 Å². The van der Waals surface area contributed by atoms with Gasteiger partial charge in [-0.3, -0.25) is 0 Å². The molecule has 0 aliphatic heterocycles. The second-order valence-corrected chi connectivity index (χ2v) is 4.46. The van der Waals surface area contributed by atoms with Crippen LogP contribution >= 0.6 is 0 Å². The molecule has 0 aliphatic carbocycles. The summed E-state index contributed by atoms with van der Waals surface area (Å²) in [5.74, 6) is 0. The number of hydrogen-bond donors (Lipinski definition) is 2. The molecule has 0 aliphatic rings. The minimum absolute atomic E-state index is 0.168. The molecule has 0 saturated carbocycles. The molecule has 2 heteroatoms. The van der Waals surface area contributed by atoms with Gasteiger partial charge in [0.2, 0.25) is 0 Å². The molecule has 1 rings (SSSR count). The predicted octanol–water partition coefficient (Wildman–Crippen LogP) is 3.29. The molecule has 0 radical (unpaired) electrons. The molecule has 4 N–H and O–H groups in total. The Labute approximate surface area is 99.0 Å². The minimum atomic E-state index is 0.168. The third-order valence-electron chi connectivity index (χ3n) is 2.99. The van der Waals surface area contributed by atoms with Crippen LogP contribution in [0.15, 0.2) is 24.3 Å². The Morgan fingerprint density at radius 1 is 0.812 bits per heavy atom. The summed E-state index contributed by atoms with van der Waals surface area (Å²) in [5, 5.41) is 0. The summed E-state index contributed by atoms with van der Waals surface area (Å²) in [6.45, 7) is 4.32. The highest BCUT2D eigenvalue weighted by Gasteiger charge is 2.07. The Morgan fingerprint density at radius 3 is 1.38 bits per heavy atom. The van der Waals surface area contributed by atoms with E-state index in [1.165, 1.54) is 11.1 Å². The average molecular weight is 220 g/mol. The molecule has 2 nitrogen and oxygen atoms in total. The molecule has 2 atom stereocenters. The summed E-state index contributed by atoms with van der Waals surface area (Å²) in [4.78, 5) is 0. The molecule has 16 heavy (non-hydrogen) atoms. The van der Waals surface area contributed by atoms with E-state index in [0.717, 1.165) is 25.7 Å². The van der Waals surface area contributed by atoms with Crippen LogP contribution in [0.1, 0.15) is 62.7 Å². The largest absolute Gasteiger partial charge is 0.324 e. The first kappa shape index (κ1) is 13.2. The molecule has 1 aromatic carbocycles. The van der Waals surface area contributed by atoms with Crippen LogP contribution in [0.25, 0.3) is 0 Å². The fourth-order valence-corrected chi connectivity index (χ4v) is 1.95. The highest BCUT2D eigenvalue weighted by Crippen LogP contribution is 2.20. The second-order valence-electron chi connectivity index (χ2n) is 4.46. The number of rotatable bonds is 6. The van der Waals surface area contributed by atoms with Crippen molar-refractivity contribution in [1.82, 2.24) is 0 Å². The topological polar surface area (TPSA) is 52.0 Å². The second kappa shape index (κ2) is 6.66. The van der Waals surface area contributed by atoms with Crippen molar-refractivity contribution in [2.24, 2.45) is 11.5 Å². The Morgan fingerprint density at radius 2 is 1.12 bits per heavy atom. The van der Waals surface area contributed by atoms with Crippen molar-refractivity contribution in [3.05, 3.63) is 35.4 Å². The highest BCUT2D eigenvalue weighted by atomic mass is 14.6. The molecule has 0 saturated heterocycles. The lowest BCUT2D eigenvalue weighted by molar-refractivity contribution is 0.628. The van der Waals surface area contributed by atoms with E-state index in [1.54, 1.807) is 0 Å². The van der Waals surface area contributed by atoms with Gasteiger partial charge >= 0.3 is 0 Å². The van der Waals surface area contributed by atoms with Crippen molar-refractivity contribution in [1.29, 1.82) is 0 Å². The van der Waals surface area contributed by atoms with Gasteiger partial charge in [0.25, 0.3) is 0 Å². The van der Waals surface area contributed by atoms with Gasteiger partial charge in [0.1, 0.15) is 0 Å². The van der Waals surface area contributed by atoms with Gasteiger partial charge in [-0.15, -0.1) is 0 Å². The zero-order chi connectivity index (χ0) is 12.0. The number of hydrogen-bond acceptors (Lipinski definition) is 2. The van der Waals surface area contributed by atoms with Gasteiger partial charge in [0.05, 0.1) is 0 Å². The van der Waals surface area contributed by atoms with Crippen molar-refractivity contribution in [3.8, 4) is 0 Å². The van der Waals surface area contributed by atoms with Crippen LogP contribution in [0.2, 0.25) is 0 Å². The van der Waals surface area contributed by atoms with Crippen LogP contribution in [-0.2, 0) is 0 Å². The molecule has 2 unspecified atom stereocenters. The lowest BCUT2D eigenvalue weighted by atomic mass is 9.98. The maximum Gasteiger partial charge on any atom is 0.0294 e. The smallest absolute Gasteiger partial charge is 0.0294 e. The summed E-state index contributed by atoms with van der Waals surface area (Å²) in [6.07, 6.45) is 4.33. The molecule has 0 fully saturated rings. The summed E-state index contributed by atoms with van der Waals surface area (Å²) in [7, 11) is 0. The zero-order valence-corrected chi connectivity index (χ0v) is 10.4. The fraction of sp³-hybridized carbons (Fsp3) is 0.571. The maximum atomic E-state index is 6.06. The van der Waals surface area contributed by atoms with E-state index in [9.17, 15) is 0 Å². The zero-order valence-electron chi connectivity index (χ0n) is 10.4. The molecule has 0 aromatic heterocycles. The Balaban J connectivity index is 2.67. The molecular weight excluding hydrogens is 196 g/mol. The lowest BCUT2D eigenvalue weighted by Crippen LogP contribution is -2.12. The van der Waals surface area contributed by atoms with Gasteiger partial charge in [-0.2, -0.15) is 0 Å². The molecule has 0 spiro atoms. The fourth-order valence-electron chi connectivity index (χ4n) is 1.95. The van der Waals surface area contributed by atoms with E-state index < -0.39 is 0 Å². The van der Waals surface area contributed by atoms with Crippen LogP contribution in [0.3, 0.4) is 0 Å². The van der Waals surface area contributed by atoms with Crippen molar-refractivity contribution in [2.75, 3.05) is 0 Å². The van der Waals surface area contributed by atoms with Crippen molar-refractivity contribution in [2.45, 2.75) is 51.6 Å². The SMILES string of the molecule is CCCC(N)c1ccc(C(N)CCC)cc1. The van der Waals surface area contributed by atoms with Crippen LogP contribution in [0, 0.1) is 0 Å². The Hall–Kier alpha value is -0.860. The van der Waals surface area contributed by atoms with Crippen molar-refractivity contribution >= 4 is 0 Å². The standard InChI is InChI=1S/C14H24N2/c1-3-5-13(15)11-7-9-12(10-8-11)14(16)6-4-2/h7-10,13-14H,3-6,15-16H2,1-2H3. The summed E-state index contributed by atoms with van der Waals surface area (Å²) >= 11 is 0. The first-order valence-electron chi connectivity index (χ1n) is 6.30. The maximum absolute atomic E-state index is 6.06. The summed E-state index contributed by atoms with van der Waals surface area (Å²) < 4.78 is 0. The van der Waals surface area contributed by atoms with Crippen molar-refractivity contribution in [3.63, 3.8) is 0 Å². The molecule has 1 aromatic rings.